The second-order valence-electron chi connectivity index (χ2n) is 2.80. The highest BCUT2D eigenvalue weighted by atomic mass is 16.8. The molecular weight excluding hydrogens is 168 g/mol. The third-order valence-corrected chi connectivity index (χ3v) is 1.74. The summed E-state index contributed by atoms with van der Waals surface area (Å²) in [7, 11) is 0. The largest absolute Gasteiger partial charge is 0.588 e. The second-order valence-corrected chi connectivity index (χ2v) is 2.80. The van der Waals surface area contributed by atoms with Crippen molar-refractivity contribution < 1.29 is 10.0 Å². The summed E-state index contributed by atoms with van der Waals surface area (Å²) in [6, 6.07) is 9.23. The number of hydroxylamine groups is 4. The molecule has 0 aromatic heterocycles. The first-order chi connectivity index (χ1) is 6.17. The minimum Gasteiger partial charge on any atom is -0.588 e. The predicted octanol–water partition coefficient (Wildman–Crippen LogP) is 1.73. The molecule has 0 saturated heterocycles. The fourth-order valence-corrected chi connectivity index (χ4v) is 1.14. The van der Waals surface area contributed by atoms with Gasteiger partial charge in [-0.2, -0.15) is 4.99 Å². The summed E-state index contributed by atoms with van der Waals surface area (Å²) in [5.74, 6) is 0. The van der Waals surface area contributed by atoms with Crippen LogP contribution >= 0.6 is 0 Å². The van der Waals surface area contributed by atoms with Gasteiger partial charge in [0.05, 0.1) is 0 Å². The molecule has 1 unspecified atom stereocenters. The Bertz CT molecular complexity index is 368. The zero-order chi connectivity index (χ0) is 9.31. The van der Waals surface area contributed by atoms with Gasteiger partial charge >= 0.3 is 0 Å². The summed E-state index contributed by atoms with van der Waals surface area (Å²) in [5.41, 5.74) is 1.32. The second kappa shape index (κ2) is 2.77. The van der Waals surface area contributed by atoms with Crippen LogP contribution in [-0.2, 0) is 0 Å². The molecule has 2 rings (SSSR count). The average molecular weight is 176 g/mol. The highest BCUT2D eigenvalue weighted by Crippen LogP contribution is 2.21. The fraction of sp³-hybridized carbons (Fsp3) is 0. The van der Waals surface area contributed by atoms with Crippen LogP contribution in [0.4, 0.5) is 0 Å². The van der Waals surface area contributed by atoms with Gasteiger partial charge < -0.3 is 5.21 Å². The molecule has 1 N–H and O–H groups in total. The van der Waals surface area contributed by atoms with Gasteiger partial charge in [0.2, 0.25) is 6.34 Å². The van der Waals surface area contributed by atoms with Crippen LogP contribution in [-0.4, -0.2) is 16.4 Å². The molecule has 0 amide bonds. The van der Waals surface area contributed by atoms with Crippen molar-refractivity contribution in [2.24, 2.45) is 4.99 Å². The molecule has 0 saturated carbocycles. The maximum absolute atomic E-state index is 11.0. The van der Waals surface area contributed by atoms with Gasteiger partial charge in [-0.05, 0) is 0 Å². The first-order valence-corrected chi connectivity index (χ1v) is 3.83. The monoisotopic (exact) mass is 176 g/mol. The summed E-state index contributed by atoms with van der Waals surface area (Å²) in [4.78, 5) is 2.28. The molecule has 1 aromatic carbocycles. The Labute approximate surface area is 75.2 Å². The van der Waals surface area contributed by atoms with Crippen molar-refractivity contribution in [1.82, 2.24) is 0 Å². The number of hydrogen-bond donors (Lipinski definition) is 1. The van der Waals surface area contributed by atoms with Crippen LogP contribution in [0.25, 0.3) is 5.70 Å². The lowest BCUT2D eigenvalue weighted by Gasteiger charge is -2.18. The molecule has 1 aliphatic rings. The van der Waals surface area contributed by atoms with Crippen molar-refractivity contribution in [3.63, 3.8) is 0 Å². The van der Waals surface area contributed by atoms with Gasteiger partial charge in [0.25, 0.3) is 0 Å². The molecule has 1 aromatic rings. The molecule has 1 atom stereocenters. The Morgan fingerprint density at radius 3 is 2.46 bits per heavy atom. The first kappa shape index (κ1) is 8.12. The lowest BCUT2D eigenvalue weighted by molar-refractivity contribution is -0.939. The van der Waals surface area contributed by atoms with E-state index in [0.29, 0.717) is 5.70 Å². The van der Waals surface area contributed by atoms with Crippen molar-refractivity contribution in [3.8, 4) is 0 Å². The molecular formula is C9H8N2O2. The number of benzene rings is 1. The highest BCUT2D eigenvalue weighted by Gasteiger charge is 2.17. The third kappa shape index (κ3) is 1.65. The molecule has 0 radical (unpaired) electrons. The Kier molecular flexibility index (Phi) is 1.73. The Balaban J connectivity index is 2.36. The summed E-state index contributed by atoms with van der Waals surface area (Å²) in [6.07, 6.45) is 2.07. The zero-order valence-corrected chi connectivity index (χ0v) is 6.79. The van der Waals surface area contributed by atoms with E-state index in [-0.39, 0.29) is 0 Å². The van der Waals surface area contributed by atoms with Crippen molar-refractivity contribution in [1.29, 1.82) is 0 Å². The minimum atomic E-state index is -1.52. The number of hydrogen-bond acceptors (Lipinski definition) is 3. The van der Waals surface area contributed by atoms with Crippen LogP contribution in [0.2, 0.25) is 0 Å². The quantitative estimate of drug-likeness (QED) is 0.523. The Morgan fingerprint density at radius 1 is 1.23 bits per heavy atom. The van der Waals surface area contributed by atoms with E-state index in [1.807, 2.05) is 30.3 Å². The minimum absolute atomic E-state index is 0.498. The number of quaternary nitrogens is 1. The molecule has 66 valence electrons. The Morgan fingerprint density at radius 2 is 1.92 bits per heavy atom. The lowest BCUT2D eigenvalue weighted by Crippen LogP contribution is -2.27. The van der Waals surface area contributed by atoms with Gasteiger partial charge in [-0.3, -0.25) is 0 Å². The first-order valence-electron chi connectivity index (χ1n) is 3.83. The number of nitrogens with zero attached hydrogens (tertiary/aromatic N) is 2. The van der Waals surface area contributed by atoms with Gasteiger partial charge in [-0.15, -0.1) is 4.81 Å². The van der Waals surface area contributed by atoms with Gasteiger partial charge in [0.15, 0.2) is 6.20 Å². The molecule has 0 bridgehead atoms. The molecule has 0 spiro atoms. The van der Waals surface area contributed by atoms with E-state index in [1.54, 1.807) is 0 Å². The zero-order valence-electron chi connectivity index (χ0n) is 6.79. The van der Waals surface area contributed by atoms with Crippen LogP contribution in [0.3, 0.4) is 0 Å². The van der Waals surface area contributed by atoms with E-state index in [0.717, 1.165) is 18.1 Å². The SMILES string of the molecule is [O-][N+]1(O)C=NC(c2ccccc2)=C1. The van der Waals surface area contributed by atoms with Gasteiger partial charge in [0.1, 0.15) is 5.70 Å². The molecule has 0 aliphatic carbocycles. The maximum Gasteiger partial charge on any atom is 0.228 e. The van der Waals surface area contributed by atoms with Crippen LogP contribution in [0, 0.1) is 5.21 Å². The van der Waals surface area contributed by atoms with E-state index in [4.69, 9.17) is 5.21 Å². The summed E-state index contributed by atoms with van der Waals surface area (Å²) >= 11 is 0. The van der Waals surface area contributed by atoms with Crippen LogP contribution in [0.5, 0.6) is 0 Å². The molecule has 4 nitrogen and oxygen atoms in total. The van der Waals surface area contributed by atoms with Crippen molar-refractivity contribution >= 4 is 12.0 Å². The van der Waals surface area contributed by atoms with Crippen LogP contribution < -0.4 is 0 Å². The topological polar surface area (TPSA) is 55.6 Å². The molecule has 0 fully saturated rings. The maximum atomic E-state index is 11.0. The standard InChI is InChI=1S/C9H8N2O2/c12-11(13)6-9(10-7-11)8-4-2-1-3-5-8/h1-7,12H. The Hall–Kier alpha value is -1.49. The van der Waals surface area contributed by atoms with Crippen LogP contribution in [0.15, 0.2) is 41.5 Å². The molecule has 4 heteroatoms. The smallest absolute Gasteiger partial charge is 0.228 e. The number of rotatable bonds is 1. The van der Waals surface area contributed by atoms with Crippen LogP contribution in [0.1, 0.15) is 5.56 Å². The predicted molar refractivity (Wildman–Crippen MR) is 48.3 cm³/mol. The molecule has 13 heavy (non-hydrogen) atoms. The van der Waals surface area contributed by atoms with E-state index in [9.17, 15) is 5.21 Å². The fourth-order valence-electron chi connectivity index (χ4n) is 1.14. The lowest BCUT2D eigenvalue weighted by atomic mass is 10.2. The van der Waals surface area contributed by atoms with E-state index >= 15 is 0 Å². The molecule has 1 heterocycles. The number of aliphatic imine (C=N–C) groups is 1. The highest BCUT2D eigenvalue weighted by molar-refractivity contribution is 5.74. The third-order valence-electron chi connectivity index (χ3n) is 1.74. The van der Waals surface area contributed by atoms with E-state index in [1.165, 1.54) is 0 Å². The van der Waals surface area contributed by atoms with Gasteiger partial charge in [0, 0.05) is 5.56 Å². The summed E-state index contributed by atoms with van der Waals surface area (Å²) in [6.45, 7) is 0. The van der Waals surface area contributed by atoms with Crippen molar-refractivity contribution in [2.45, 2.75) is 0 Å². The van der Waals surface area contributed by atoms with E-state index in [2.05, 4.69) is 4.99 Å². The van der Waals surface area contributed by atoms with Crippen molar-refractivity contribution in [2.75, 3.05) is 0 Å². The molecule has 1 aliphatic heterocycles. The average Bonchev–Trinajstić information content (AvgIpc) is 2.48. The normalized spacial score (nSPS) is 26.2. The summed E-state index contributed by atoms with van der Waals surface area (Å²) < 4.78 is 0. The van der Waals surface area contributed by atoms with E-state index < -0.39 is 4.81 Å². The van der Waals surface area contributed by atoms with Gasteiger partial charge in [-0.1, -0.05) is 30.3 Å². The summed E-state index contributed by atoms with van der Waals surface area (Å²) in [5, 5.41) is 19.9. The van der Waals surface area contributed by atoms with Gasteiger partial charge in [-0.25, -0.2) is 5.21 Å². The van der Waals surface area contributed by atoms with Crippen molar-refractivity contribution in [3.05, 3.63) is 47.3 Å².